The number of benzene rings is 1. The van der Waals surface area contributed by atoms with Crippen LogP contribution >= 0.6 is 34.5 Å². The second-order valence-corrected chi connectivity index (χ2v) is 7.87. The van der Waals surface area contributed by atoms with E-state index in [2.05, 4.69) is 0 Å². The average Bonchev–Trinajstić information content (AvgIpc) is 2.80. The molecule has 1 N–H and O–H groups in total. The van der Waals surface area contributed by atoms with Crippen molar-refractivity contribution in [3.63, 3.8) is 0 Å². The van der Waals surface area contributed by atoms with Crippen LogP contribution < -0.4 is 0 Å². The first-order valence-corrected chi connectivity index (χ1v) is 8.52. The van der Waals surface area contributed by atoms with Gasteiger partial charge in [0.25, 0.3) is 0 Å². The summed E-state index contributed by atoms with van der Waals surface area (Å²) in [6, 6.07) is 7.04. The molecule has 0 spiro atoms. The van der Waals surface area contributed by atoms with Gasteiger partial charge in [-0.15, -0.1) is 11.3 Å². The van der Waals surface area contributed by atoms with Gasteiger partial charge in [-0.05, 0) is 30.3 Å². The highest BCUT2D eigenvalue weighted by atomic mass is 35.5. The van der Waals surface area contributed by atoms with Gasteiger partial charge in [0.1, 0.15) is 4.88 Å². The summed E-state index contributed by atoms with van der Waals surface area (Å²) >= 11 is 12.6. The van der Waals surface area contributed by atoms with Gasteiger partial charge in [-0.2, -0.15) is 0 Å². The summed E-state index contributed by atoms with van der Waals surface area (Å²) in [7, 11) is -3.68. The van der Waals surface area contributed by atoms with Crippen LogP contribution in [-0.4, -0.2) is 19.5 Å². The van der Waals surface area contributed by atoms with E-state index in [9.17, 15) is 13.2 Å². The van der Waals surface area contributed by atoms with E-state index < -0.39 is 15.8 Å². The van der Waals surface area contributed by atoms with Crippen LogP contribution in [0, 0.1) is 0 Å². The minimum atomic E-state index is -3.68. The summed E-state index contributed by atoms with van der Waals surface area (Å²) in [5, 5.41) is 9.17. The maximum Gasteiger partial charge on any atom is 0.345 e. The number of hydrogen-bond donors (Lipinski definition) is 1. The molecule has 106 valence electrons. The second-order valence-electron chi connectivity index (χ2n) is 3.90. The lowest BCUT2D eigenvalue weighted by molar-refractivity contribution is 0.0702. The van der Waals surface area contributed by atoms with Gasteiger partial charge >= 0.3 is 5.97 Å². The Morgan fingerprint density at radius 3 is 2.50 bits per heavy atom. The fourth-order valence-electron chi connectivity index (χ4n) is 1.55. The molecule has 1 aromatic carbocycles. The number of rotatable bonds is 4. The van der Waals surface area contributed by atoms with E-state index in [1.807, 2.05) is 0 Å². The smallest absolute Gasteiger partial charge is 0.345 e. The molecule has 0 aliphatic carbocycles. The third-order valence-corrected chi connectivity index (χ3v) is 6.06. The van der Waals surface area contributed by atoms with Crippen LogP contribution in [-0.2, 0) is 15.6 Å². The highest BCUT2D eigenvalue weighted by Gasteiger charge is 2.21. The van der Waals surface area contributed by atoms with E-state index in [-0.39, 0.29) is 25.6 Å². The number of carboxylic acid groups (broad SMARTS) is 1. The number of hydrogen-bond acceptors (Lipinski definition) is 4. The Bertz CT molecular complexity index is 766. The van der Waals surface area contributed by atoms with Crippen molar-refractivity contribution in [3.05, 3.63) is 50.1 Å². The van der Waals surface area contributed by atoms with Crippen LogP contribution in [0.3, 0.4) is 0 Å². The molecule has 0 fully saturated rings. The Morgan fingerprint density at radius 2 is 1.90 bits per heavy atom. The topological polar surface area (TPSA) is 71.4 Å². The lowest BCUT2D eigenvalue weighted by Gasteiger charge is -2.05. The Hall–Kier alpha value is -1.08. The van der Waals surface area contributed by atoms with Gasteiger partial charge in [-0.25, -0.2) is 13.2 Å². The standard InChI is InChI=1S/C12H8Cl2O4S2/c13-7-1-3-9(14)11(5-7)20(17,18)6-8-2-4-10(19-8)12(15)16/h1-5H,6H2,(H,15,16). The summed E-state index contributed by atoms with van der Waals surface area (Å²) in [6.45, 7) is 0. The number of halogens is 2. The van der Waals surface area contributed by atoms with Crippen molar-refractivity contribution in [2.75, 3.05) is 0 Å². The van der Waals surface area contributed by atoms with E-state index >= 15 is 0 Å². The number of aromatic carboxylic acids is 1. The molecule has 8 heteroatoms. The van der Waals surface area contributed by atoms with E-state index in [1.54, 1.807) is 0 Å². The van der Waals surface area contributed by atoms with Crippen molar-refractivity contribution >= 4 is 50.3 Å². The lowest BCUT2D eigenvalue weighted by atomic mass is 10.4. The number of thiophene rings is 1. The highest BCUT2D eigenvalue weighted by molar-refractivity contribution is 7.91. The highest BCUT2D eigenvalue weighted by Crippen LogP contribution is 2.29. The molecule has 4 nitrogen and oxygen atoms in total. The molecule has 0 aliphatic heterocycles. The summed E-state index contributed by atoms with van der Waals surface area (Å²) in [5.74, 6) is -1.40. The fraction of sp³-hybridized carbons (Fsp3) is 0.0833. The van der Waals surface area contributed by atoms with E-state index in [0.29, 0.717) is 4.88 Å². The van der Waals surface area contributed by atoms with Crippen LogP contribution in [0.1, 0.15) is 14.5 Å². The van der Waals surface area contributed by atoms with Gasteiger partial charge in [0.15, 0.2) is 9.84 Å². The molecule has 0 saturated heterocycles. The SMILES string of the molecule is O=C(O)c1ccc(CS(=O)(=O)c2cc(Cl)ccc2Cl)s1. The van der Waals surface area contributed by atoms with E-state index in [1.165, 1.54) is 30.3 Å². The number of sulfone groups is 1. The first-order chi connectivity index (χ1) is 9.29. The maximum atomic E-state index is 12.3. The van der Waals surface area contributed by atoms with Crippen LogP contribution in [0.2, 0.25) is 10.0 Å². The molecule has 0 saturated carbocycles. The molecule has 2 rings (SSSR count). The zero-order chi connectivity index (χ0) is 14.9. The quantitative estimate of drug-likeness (QED) is 0.911. The third kappa shape index (κ3) is 3.32. The molecule has 1 aromatic heterocycles. The monoisotopic (exact) mass is 350 g/mol. The fourth-order valence-corrected chi connectivity index (χ4v) is 4.90. The lowest BCUT2D eigenvalue weighted by Crippen LogP contribution is -2.04. The minimum absolute atomic E-state index is 0.0584. The summed E-state index contributed by atoms with van der Waals surface area (Å²) in [5.41, 5.74) is 0. The van der Waals surface area contributed by atoms with E-state index in [4.69, 9.17) is 28.3 Å². The van der Waals surface area contributed by atoms with Crippen LogP contribution in [0.4, 0.5) is 0 Å². The molecular weight excluding hydrogens is 343 g/mol. The van der Waals surface area contributed by atoms with Gasteiger partial charge in [-0.1, -0.05) is 23.2 Å². The third-order valence-electron chi connectivity index (χ3n) is 2.43. The van der Waals surface area contributed by atoms with Crippen LogP contribution in [0.5, 0.6) is 0 Å². The molecule has 0 unspecified atom stereocenters. The molecule has 0 bridgehead atoms. The van der Waals surface area contributed by atoms with Crippen molar-refractivity contribution in [1.29, 1.82) is 0 Å². The van der Waals surface area contributed by atoms with Crippen molar-refractivity contribution in [2.24, 2.45) is 0 Å². The number of carboxylic acids is 1. The second kappa shape index (κ2) is 5.73. The summed E-state index contributed by atoms with van der Waals surface area (Å²) in [4.78, 5) is 11.2. The Kier molecular flexibility index (Phi) is 4.39. The van der Waals surface area contributed by atoms with Crippen molar-refractivity contribution in [3.8, 4) is 0 Å². The van der Waals surface area contributed by atoms with Gasteiger partial charge in [0.2, 0.25) is 0 Å². The van der Waals surface area contributed by atoms with Crippen molar-refractivity contribution in [1.82, 2.24) is 0 Å². The first kappa shape index (κ1) is 15.3. The van der Waals surface area contributed by atoms with Crippen molar-refractivity contribution < 1.29 is 18.3 Å². The normalized spacial score (nSPS) is 11.5. The molecule has 0 atom stereocenters. The van der Waals surface area contributed by atoms with Crippen molar-refractivity contribution in [2.45, 2.75) is 10.6 Å². The largest absolute Gasteiger partial charge is 0.477 e. The molecule has 0 radical (unpaired) electrons. The van der Waals surface area contributed by atoms with Crippen LogP contribution in [0.25, 0.3) is 0 Å². The zero-order valence-electron chi connectivity index (χ0n) is 9.84. The molecule has 0 amide bonds. The van der Waals surface area contributed by atoms with E-state index in [0.717, 1.165) is 11.3 Å². The molecular formula is C12H8Cl2O4S2. The van der Waals surface area contributed by atoms with Gasteiger partial charge in [-0.3, -0.25) is 0 Å². The predicted molar refractivity (Wildman–Crippen MR) is 78.6 cm³/mol. The van der Waals surface area contributed by atoms with Gasteiger partial charge in [0.05, 0.1) is 15.7 Å². The first-order valence-electron chi connectivity index (χ1n) is 5.29. The molecule has 0 aliphatic rings. The molecule has 2 aromatic rings. The number of carbonyl (C=O) groups is 1. The van der Waals surface area contributed by atoms with Gasteiger partial charge < -0.3 is 5.11 Å². The van der Waals surface area contributed by atoms with Gasteiger partial charge in [0, 0.05) is 9.90 Å². The zero-order valence-corrected chi connectivity index (χ0v) is 13.0. The summed E-state index contributed by atoms with van der Waals surface area (Å²) < 4.78 is 24.5. The molecule has 20 heavy (non-hydrogen) atoms. The Balaban J connectivity index is 2.35. The Labute approximate surface area is 129 Å². The Morgan fingerprint density at radius 1 is 1.20 bits per heavy atom. The molecule has 1 heterocycles. The maximum absolute atomic E-state index is 12.3. The van der Waals surface area contributed by atoms with Crippen LogP contribution in [0.15, 0.2) is 35.2 Å². The average molecular weight is 351 g/mol. The predicted octanol–water partition coefficient (Wildman–Crippen LogP) is 3.73. The summed E-state index contributed by atoms with van der Waals surface area (Å²) in [6.07, 6.45) is 0. The minimum Gasteiger partial charge on any atom is -0.477 e.